The maximum absolute atomic E-state index is 15.2. The number of hydrogen-bond donors (Lipinski definition) is 0. The van der Waals surface area contributed by atoms with Gasteiger partial charge in [0, 0.05) is 56.4 Å². The highest BCUT2D eigenvalue weighted by atomic mass is 16.7. The van der Waals surface area contributed by atoms with E-state index in [-0.39, 0.29) is 5.78 Å². The lowest BCUT2D eigenvalue weighted by atomic mass is 9.92. The quantitative estimate of drug-likeness (QED) is 0.191. The van der Waals surface area contributed by atoms with Gasteiger partial charge in [-0.2, -0.15) is 0 Å². The number of carbonyl (C=O) groups is 1. The molecule has 14 nitrogen and oxygen atoms in total. The minimum Gasteiger partial charge on any atom is -0.465 e. The van der Waals surface area contributed by atoms with E-state index in [0.29, 0.717) is 117 Å². The van der Waals surface area contributed by atoms with Crippen LogP contribution in [-0.4, -0.2) is 95.0 Å². The molecule has 9 rings (SSSR count). The van der Waals surface area contributed by atoms with Crippen molar-refractivity contribution >= 4 is 17.2 Å². The van der Waals surface area contributed by atoms with Crippen LogP contribution in [0.5, 0.6) is 28.7 Å². The molecular formula is C45H59NO13. The molecule has 7 unspecified atom stereocenters. The lowest BCUT2D eigenvalue weighted by molar-refractivity contribution is -0.166. The number of hydrogen-bond acceptors (Lipinski definition) is 14. The number of carbonyl (C=O) groups excluding carboxylic acids is 1. The molecule has 0 N–H and O–H groups in total. The number of benzene rings is 2. The predicted octanol–water partition coefficient (Wildman–Crippen LogP) is 8.44. The van der Waals surface area contributed by atoms with Gasteiger partial charge in [-0.1, -0.05) is 0 Å². The molecule has 14 heteroatoms. The number of ketones is 1. The van der Waals surface area contributed by atoms with Crippen LogP contribution in [0, 0.1) is 0 Å². The van der Waals surface area contributed by atoms with Gasteiger partial charge in [0.15, 0.2) is 55.3 Å². The SMILES string of the molecule is O=C1c2c(cc(OC3CCCCO3)cc2OC2CCCCO2)N=C(c2cc(OC3CCCCO3)c(OC3CCCCO3)c(OC3CCCCO3)c2)C1OC1CCCCO1. The Morgan fingerprint density at radius 2 is 0.881 bits per heavy atom. The molecule has 0 aliphatic carbocycles. The summed E-state index contributed by atoms with van der Waals surface area (Å²) >= 11 is 0. The molecule has 0 amide bonds. The zero-order valence-corrected chi connectivity index (χ0v) is 34.1. The fourth-order valence-electron chi connectivity index (χ4n) is 8.57. The van der Waals surface area contributed by atoms with Gasteiger partial charge in [-0.25, -0.2) is 4.99 Å². The highest BCUT2D eigenvalue weighted by Gasteiger charge is 2.40. The van der Waals surface area contributed by atoms with Crippen LogP contribution < -0.4 is 23.7 Å². The largest absolute Gasteiger partial charge is 0.465 e. The summed E-state index contributed by atoms with van der Waals surface area (Å²) in [5.74, 6) is 1.70. The van der Waals surface area contributed by atoms with Gasteiger partial charge in [0.1, 0.15) is 11.5 Å². The summed E-state index contributed by atoms with van der Waals surface area (Å²) in [5.41, 5.74) is 1.61. The first kappa shape index (κ1) is 40.9. The number of Topliss-reactive ketones (excluding diaryl/α,β-unsaturated/α-hetero) is 1. The van der Waals surface area contributed by atoms with Gasteiger partial charge >= 0.3 is 0 Å². The van der Waals surface area contributed by atoms with Crippen LogP contribution in [0.2, 0.25) is 0 Å². The molecule has 7 aliphatic rings. The molecule has 7 heterocycles. The predicted molar refractivity (Wildman–Crippen MR) is 213 cm³/mol. The average molecular weight is 822 g/mol. The summed E-state index contributed by atoms with van der Waals surface area (Å²) in [6.07, 6.45) is 11.6. The Hall–Kier alpha value is -3.50. The van der Waals surface area contributed by atoms with Crippen LogP contribution in [0.25, 0.3) is 0 Å². The summed E-state index contributed by atoms with van der Waals surface area (Å²) in [4.78, 5) is 20.5. The van der Waals surface area contributed by atoms with E-state index >= 15 is 4.79 Å². The van der Waals surface area contributed by atoms with E-state index in [1.165, 1.54) is 0 Å². The molecular weight excluding hydrogens is 762 g/mol. The van der Waals surface area contributed by atoms with Gasteiger partial charge in [0.25, 0.3) is 0 Å². The molecule has 6 saturated heterocycles. The van der Waals surface area contributed by atoms with E-state index in [1.807, 2.05) is 12.1 Å². The zero-order valence-electron chi connectivity index (χ0n) is 34.1. The van der Waals surface area contributed by atoms with E-state index < -0.39 is 43.8 Å². The number of fused-ring (bicyclic) bond motifs is 1. The molecule has 0 spiro atoms. The summed E-state index contributed by atoms with van der Waals surface area (Å²) < 4.78 is 75.9. The lowest BCUT2D eigenvalue weighted by Gasteiger charge is -2.33. The van der Waals surface area contributed by atoms with Crippen molar-refractivity contribution in [2.24, 2.45) is 4.99 Å². The Morgan fingerprint density at radius 1 is 0.458 bits per heavy atom. The van der Waals surface area contributed by atoms with Gasteiger partial charge in [0.05, 0.1) is 50.0 Å². The maximum Gasteiger partial charge on any atom is 0.206 e. The molecule has 0 aromatic heterocycles. The van der Waals surface area contributed by atoms with Gasteiger partial charge in [-0.05, 0) is 95.6 Å². The van der Waals surface area contributed by atoms with E-state index in [2.05, 4.69) is 0 Å². The molecule has 0 saturated carbocycles. The molecule has 322 valence electrons. The summed E-state index contributed by atoms with van der Waals surface area (Å²) in [6, 6.07) is 7.24. The van der Waals surface area contributed by atoms with Crippen molar-refractivity contribution in [1.29, 1.82) is 0 Å². The van der Waals surface area contributed by atoms with Gasteiger partial charge in [-0.15, -0.1) is 0 Å². The molecule has 7 atom stereocenters. The maximum atomic E-state index is 15.2. The molecule has 2 aromatic rings. The van der Waals surface area contributed by atoms with E-state index in [0.717, 1.165) is 89.9 Å². The summed E-state index contributed by atoms with van der Waals surface area (Å²) in [5, 5.41) is 0. The zero-order chi connectivity index (χ0) is 39.8. The van der Waals surface area contributed by atoms with Crippen molar-refractivity contribution in [3.8, 4) is 28.7 Å². The molecule has 6 fully saturated rings. The number of aliphatic imine (C=N–C) groups is 1. The van der Waals surface area contributed by atoms with Crippen molar-refractivity contribution in [2.45, 2.75) is 159 Å². The third kappa shape index (κ3) is 10.3. The van der Waals surface area contributed by atoms with Crippen molar-refractivity contribution in [2.75, 3.05) is 39.6 Å². The normalized spacial score (nSPS) is 30.4. The third-order valence-electron chi connectivity index (χ3n) is 11.8. The summed E-state index contributed by atoms with van der Waals surface area (Å²) in [6.45, 7) is 3.53. The minimum absolute atomic E-state index is 0.300. The summed E-state index contributed by atoms with van der Waals surface area (Å²) in [7, 11) is 0. The Kier molecular flexibility index (Phi) is 13.8. The van der Waals surface area contributed by atoms with Crippen molar-refractivity contribution < 1.29 is 61.6 Å². The topological polar surface area (TPSA) is 140 Å². The van der Waals surface area contributed by atoms with Crippen LogP contribution in [0.3, 0.4) is 0 Å². The Morgan fingerprint density at radius 3 is 1.34 bits per heavy atom. The Bertz CT molecular complexity index is 1690. The van der Waals surface area contributed by atoms with Crippen molar-refractivity contribution in [3.63, 3.8) is 0 Å². The lowest BCUT2D eigenvalue weighted by Crippen LogP contribution is -2.41. The molecule has 0 bridgehead atoms. The van der Waals surface area contributed by atoms with E-state index in [9.17, 15) is 0 Å². The second-order valence-electron chi connectivity index (χ2n) is 16.4. The smallest absolute Gasteiger partial charge is 0.206 e. The molecule has 59 heavy (non-hydrogen) atoms. The standard InChI is InChI=1S/C45H59NO13/c47-43-41-31(27-30(54-35-13-1-7-19-48-35)28-32(41)55-36-14-2-8-20-49-36)46-42(45(43)59-40-18-6-12-24-53-40)29-25-33(56-37-15-3-9-21-50-37)44(58-39-17-5-11-23-52-39)34(26-29)57-38-16-4-10-22-51-38/h25-28,35-40,45H,1-24H2. The average Bonchev–Trinajstić information content (AvgIpc) is 3.27. The van der Waals surface area contributed by atoms with Crippen molar-refractivity contribution in [1.82, 2.24) is 0 Å². The van der Waals surface area contributed by atoms with Crippen LogP contribution in [0.15, 0.2) is 29.3 Å². The van der Waals surface area contributed by atoms with E-state index in [4.69, 9.17) is 61.8 Å². The highest BCUT2D eigenvalue weighted by Crippen LogP contribution is 2.46. The fraction of sp³-hybridized carbons (Fsp3) is 0.689. The van der Waals surface area contributed by atoms with Crippen LogP contribution in [0.4, 0.5) is 5.69 Å². The highest BCUT2D eigenvalue weighted by molar-refractivity contribution is 6.26. The number of nitrogens with zero attached hydrogens (tertiary/aromatic N) is 1. The molecule has 7 aliphatic heterocycles. The third-order valence-corrected chi connectivity index (χ3v) is 11.8. The van der Waals surface area contributed by atoms with Crippen LogP contribution in [-0.2, 0) is 33.2 Å². The second kappa shape index (κ2) is 19.9. The second-order valence-corrected chi connectivity index (χ2v) is 16.4. The van der Waals surface area contributed by atoms with Crippen LogP contribution in [0.1, 0.15) is 131 Å². The Labute approximate surface area is 346 Å². The fourth-order valence-corrected chi connectivity index (χ4v) is 8.57. The minimum atomic E-state index is -1.15. The Balaban J connectivity index is 1.17. The number of ether oxygens (including phenoxy) is 12. The van der Waals surface area contributed by atoms with Gasteiger partial charge < -0.3 is 56.8 Å². The van der Waals surface area contributed by atoms with Crippen molar-refractivity contribution in [3.05, 3.63) is 35.4 Å². The first-order chi connectivity index (χ1) is 29.1. The van der Waals surface area contributed by atoms with E-state index in [1.54, 1.807) is 12.1 Å². The monoisotopic (exact) mass is 821 g/mol. The van der Waals surface area contributed by atoms with Gasteiger partial charge in [-0.3, -0.25) is 4.79 Å². The van der Waals surface area contributed by atoms with Gasteiger partial charge in [0.2, 0.25) is 11.5 Å². The molecule has 0 radical (unpaired) electrons. The molecule has 2 aromatic carbocycles. The first-order valence-electron chi connectivity index (χ1n) is 22.3. The number of rotatable bonds is 13. The first-order valence-corrected chi connectivity index (χ1v) is 22.3. The van der Waals surface area contributed by atoms with Crippen LogP contribution >= 0.6 is 0 Å².